The second kappa shape index (κ2) is 8.03. The lowest BCUT2D eigenvalue weighted by Crippen LogP contribution is -2.25. The molecule has 0 aliphatic carbocycles. The number of nitrogens with zero attached hydrogens (tertiary/aromatic N) is 1. The van der Waals surface area contributed by atoms with Crippen molar-refractivity contribution in [1.82, 2.24) is 4.90 Å². The molecule has 0 unspecified atom stereocenters. The first kappa shape index (κ1) is 17.3. The number of amides is 1. The van der Waals surface area contributed by atoms with Crippen molar-refractivity contribution >= 4 is 33.2 Å². The molecule has 1 aliphatic heterocycles. The summed E-state index contributed by atoms with van der Waals surface area (Å²) in [6.07, 6.45) is 2.09. The number of hydrogen-bond donors (Lipinski definition) is 0. The van der Waals surface area contributed by atoms with Gasteiger partial charge in [0.1, 0.15) is 0 Å². The fourth-order valence-electron chi connectivity index (χ4n) is 2.56. The summed E-state index contributed by atoms with van der Waals surface area (Å²) in [6.45, 7) is 2.01. The van der Waals surface area contributed by atoms with Crippen LogP contribution >= 0.6 is 27.3 Å². The van der Waals surface area contributed by atoms with Crippen LogP contribution in [0, 0.1) is 0 Å². The van der Waals surface area contributed by atoms with Crippen LogP contribution in [-0.4, -0.2) is 31.1 Å². The van der Waals surface area contributed by atoms with Gasteiger partial charge in [-0.1, -0.05) is 6.07 Å². The van der Waals surface area contributed by atoms with Crippen LogP contribution in [0.3, 0.4) is 0 Å². The Morgan fingerprint density at radius 2 is 2.00 bits per heavy atom. The number of hydrogen-bond acceptors (Lipinski definition) is 4. The van der Waals surface area contributed by atoms with Crippen LogP contribution in [0.5, 0.6) is 11.5 Å². The standard InChI is InChI=1S/C18H20BrNO3S/c1-20(12-14-5-7-17(19)24-14)18(21)8-4-13-3-6-15-16(11-13)23-10-2-9-22-15/h3,5-7,11H,2,4,8-10,12H2,1H3. The highest BCUT2D eigenvalue weighted by Crippen LogP contribution is 2.30. The van der Waals surface area contributed by atoms with Crippen LogP contribution in [0.25, 0.3) is 0 Å². The van der Waals surface area contributed by atoms with Crippen LogP contribution < -0.4 is 9.47 Å². The smallest absolute Gasteiger partial charge is 0.222 e. The summed E-state index contributed by atoms with van der Waals surface area (Å²) in [5, 5.41) is 0. The Hall–Kier alpha value is -1.53. The third-order valence-electron chi connectivity index (χ3n) is 3.89. The van der Waals surface area contributed by atoms with Gasteiger partial charge < -0.3 is 14.4 Å². The minimum absolute atomic E-state index is 0.145. The fraction of sp³-hybridized carbons (Fsp3) is 0.389. The van der Waals surface area contributed by atoms with Gasteiger partial charge in [-0.25, -0.2) is 0 Å². The lowest BCUT2D eigenvalue weighted by Gasteiger charge is -2.16. The quantitative estimate of drug-likeness (QED) is 0.740. The Morgan fingerprint density at radius 3 is 2.75 bits per heavy atom. The average Bonchev–Trinajstić information content (AvgIpc) is 2.84. The summed E-state index contributed by atoms with van der Waals surface area (Å²) < 4.78 is 12.4. The van der Waals surface area contributed by atoms with Crippen molar-refractivity contribution in [3.63, 3.8) is 0 Å². The molecule has 0 fully saturated rings. The Kier molecular flexibility index (Phi) is 5.79. The molecule has 6 heteroatoms. The van der Waals surface area contributed by atoms with E-state index in [1.54, 1.807) is 16.2 Å². The number of carbonyl (C=O) groups is 1. The van der Waals surface area contributed by atoms with E-state index in [9.17, 15) is 4.79 Å². The number of rotatable bonds is 5. The maximum atomic E-state index is 12.3. The number of halogens is 1. The molecule has 4 nitrogen and oxygen atoms in total. The molecule has 0 atom stereocenters. The molecule has 3 rings (SSSR count). The minimum atomic E-state index is 0.145. The molecule has 0 spiro atoms. The molecule has 2 aromatic rings. The number of benzene rings is 1. The van der Waals surface area contributed by atoms with Crippen molar-refractivity contribution in [2.24, 2.45) is 0 Å². The number of ether oxygens (including phenoxy) is 2. The highest BCUT2D eigenvalue weighted by molar-refractivity contribution is 9.11. The molecule has 0 saturated carbocycles. The van der Waals surface area contributed by atoms with Crippen LogP contribution in [0.4, 0.5) is 0 Å². The minimum Gasteiger partial charge on any atom is -0.490 e. The van der Waals surface area contributed by atoms with E-state index in [1.807, 2.05) is 37.4 Å². The van der Waals surface area contributed by atoms with Crippen molar-refractivity contribution in [3.05, 3.63) is 44.6 Å². The van der Waals surface area contributed by atoms with E-state index in [2.05, 4.69) is 15.9 Å². The predicted octanol–water partition coefficient (Wildman–Crippen LogP) is 4.26. The van der Waals surface area contributed by atoms with Crippen molar-refractivity contribution < 1.29 is 14.3 Å². The van der Waals surface area contributed by atoms with Crippen LogP contribution in [0.2, 0.25) is 0 Å². The maximum Gasteiger partial charge on any atom is 0.222 e. The zero-order valence-electron chi connectivity index (χ0n) is 13.6. The predicted molar refractivity (Wildman–Crippen MR) is 98.9 cm³/mol. The molecule has 0 radical (unpaired) electrons. The third-order valence-corrected chi connectivity index (χ3v) is 5.50. The normalized spacial score (nSPS) is 13.4. The average molecular weight is 410 g/mol. The molecule has 2 heterocycles. The summed E-state index contributed by atoms with van der Waals surface area (Å²) >= 11 is 5.11. The summed E-state index contributed by atoms with van der Waals surface area (Å²) in [7, 11) is 1.85. The molecule has 1 aliphatic rings. The zero-order chi connectivity index (χ0) is 16.9. The van der Waals surface area contributed by atoms with E-state index in [4.69, 9.17) is 9.47 Å². The maximum absolute atomic E-state index is 12.3. The van der Waals surface area contributed by atoms with E-state index in [-0.39, 0.29) is 5.91 Å². The molecule has 0 saturated heterocycles. The Balaban J connectivity index is 1.55. The summed E-state index contributed by atoms with van der Waals surface area (Å²) in [5.41, 5.74) is 1.10. The topological polar surface area (TPSA) is 38.8 Å². The Morgan fingerprint density at radius 1 is 1.21 bits per heavy atom. The van der Waals surface area contributed by atoms with Crippen LogP contribution in [0.1, 0.15) is 23.3 Å². The van der Waals surface area contributed by atoms with Crippen molar-refractivity contribution in [1.29, 1.82) is 0 Å². The van der Waals surface area contributed by atoms with E-state index in [0.717, 1.165) is 27.3 Å². The number of aryl methyl sites for hydroxylation is 1. The molecule has 24 heavy (non-hydrogen) atoms. The monoisotopic (exact) mass is 409 g/mol. The SMILES string of the molecule is CN(Cc1ccc(Br)s1)C(=O)CCc1ccc2c(c1)OCCCO2. The van der Waals surface area contributed by atoms with E-state index < -0.39 is 0 Å². The first-order valence-electron chi connectivity index (χ1n) is 7.98. The van der Waals surface area contributed by atoms with E-state index in [0.29, 0.717) is 32.6 Å². The van der Waals surface area contributed by atoms with Crippen LogP contribution in [0.15, 0.2) is 34.1 Å². The second-order valence-electron chi connectivity index (χ2n) is 5.79. The Bertz CT molecular complexity index is 716. The molecular weight excluding hydrogens is 390 g/mol. The zero-order valence-corrected chi connectivity index (χ0v) is 16.0. The summed E-state index contributed by atoms with van der Waals surface area (Å²) in [4.78, 5) is 15.3. The van der Waals surface area contributed by atoms with Gasteiger partial charge in [-0.15, -0.1) is 11.3 Å². The van der Waals surface area contributed by atoms with Crippen molar-refractivity contribution in [2.45, 2.75) is 25.8 Å². The van der Waals surface area contributed by atoms with Gasteiger partial charge in [0, 0.05) is 24.8 Å². The van der Waals surface area contributed by atoms with Crippen LogP contribution in [-0.2, 0) is 17.8 Å². The molecule has 1 aromatic carbocycles. The van der Waals surface area contributed by atoms with Gasteiger partial charge in [0.05, 0.1) is 23.5 Å². The number of carbonyl (C=O) groups excluding carboxylic acids is 1. The molecular formula is C18H20BrNO3S. The number of thiophene rings is 1. The second-order valence-corrected chi connectivity index (χ2v) is 8.33. The molecule has 1 amide bonds. The third kappa shape index (κ3) is 4.51. The van der Waals surface area contributed by atoms with E-state index >= 15 is 0 Å². The number of fused-ring (bicyclic) bond motifs is 1. The van der Waals surface area contributed by atoms with Gasteiger partial charge in [0.2, 0.25) is 5.91 Å². The molecule has 1 aromatic heterocycles. The van der Waals surface area contributed by atoms with Gasteiger partial charge in [-0.05, 0) is 52.2 Å². The van der Waals surface area contributed by atoms with Gasteiger partial charge in [-0.2, -0.15) is 0 Å². The fourth-order valence-corrected chi connectivity index (χ4v) is 4.10. The summed E-state index contributed by atoms with van der Waals surface area (Å²) in [6, 6.07) is 9.99. The van der Waals surface area contributed by atoms with E-state index in [1.165, 1.54) is 4.88 Å². The summed E-state index contributed by atoms with van der Waals surface area (Å²) in [5.74, 6) is 1.73. The molecule has 128 valence electrons. The van der Waals surface area contributed by atoms with Gasteiger partial charge in [-0.3, -0.25) is 4.79 Å². The van der Waals surface area contributed by atoms with Gasteiger partial charge in [0.25, 0.3) is 0 Å². The lowest BCUT2D eigenvalue weighted by atomic mass is 10.1. The lowest BCUT2D eigenvalue weighted by molar-refractivity contribution is -0.130. The first-order valence-corrected chi connectivity index (χ1v) is 9.59. The molecule has 0 N–H and O–H groups in total. The van der Waals surface area contributed by atoms with Crippen molar-refractivity contribution in [3.8, 4) is 11.5 Å². The largest absolute Gasteiger partial charge is 0.490 e. The highest BCUT2D eigenvalue weighted by Gasteiger charge is 2.13. The van der Waals surface area contributed by atoms with Crippen molar-refractivity contribution in [2.75, 3.05) is 20.3 Å². The Labute approximate surface area is 154 Å². The first-order chi connectivity index (χ1) is 11.6. The van der Waals surface area contributed by atoms with Gasteiger partial charge in [0.15, 0.2) is 11.5 Å². The van der Waals surface area contributed by atoms with Gasteiger partial charge >= 0.3 is 0 Å². The highest BCUT2D eigenvalue weighted by atomic mass is 79.9. The molecule has 0 bridgehead atoms.